The van der Waals surface area contributed by atoms with Gasteiger partial charge in [0.25, 0.3) is 5.69 Å². The Hall–Kier alpha value is -3.15. The Morgan fingerprint density at radius 3 is 2.48 bits per heavy atom. The second-order valence-electron chi connectivity index (χ2n) is 4.25. The van der Waals surface area contributed by atoms with Crippen LogP contribution in [0.25, 0.3) is 10.8 Å². The molecule has 0 radical (unpaired) electrons. The number of non-ortho nitro benzene ring substituents is 1. The van der Waals surface area contributed by atoms with Crippen molar-refractivity contribution < 1.29 is 18.9 Å². The van der Waals surface area contributed by atoms with Crippen LogP contribution in [0.15, 0.2) is 59.2 Å². The molecule has 0 bridgehead atoms. The lowest BCUT2D eigenvalue weighted by atomic mass is 10.1. The molecule has 0 unspecified atom stereocenters. The molecule has 0 amide bonds. The number of nitrogens with zero attached hydrogens (tertiary/aromatic N) is 1. The highest BCUT2D eigenvalue weighted by Gasteiger charge is 2.18. The van der Waals surface area contributed by atoms with E-state index in [1.165, 1.54) is 24.5 Å². The van der Waals surface area contributed by atoms with Gasteiger partial charge in [-0.05, 0) is 24.3 Å². The van der Waals surface area contributed by atoms with Gasteiger partial charge >= 0.3 is 5.97 Å². The molecule has 3 aromatic rings. The Balaban J connectivity index is 2.06. The number of benzene rings is 2. The van der Waals surface area contributed by atoms with Gasteiger partial charge in [0, 0.05) is 11.5 Å². The highest BCUT2D eigenvalue weighted by molar-refractivity contribution is 5.98. The summed E-state index contributed by atoms with van der Waals surface area (Å²) in [6.07, 6.45) is 1.37. The molecule has 0 spiro atoms. The van der Waals surface area contributed by atoms with Crippen molar-refractivity contribution in [3.05, 3.63) is 70.7 Å². The molecule has 6 heteroatoms. The number of nitro benzene ring substituents is 1. The van der Waals surface area contributed by atoms with Crippen molar-refractivity contribution in [3.63, 3.8) is 0 Å². The Morgan fingerprint density at radius 1 is 1.05 bits per heavy atom. The molecule has 0 saturated heterocycles. The summed E-state index contributed by atoms with van der Waals surface area (Å²) in [6, 6.07) is 12.4. The van der Waals surface area contributed by atoms with E-state index in [4.69, 9.17) is 9.15 Å². The van der Waals surface area contributed by atoms with E-state index in [1.807, 2.05) is 0 Å². The molecule has 3 rings (SSSR count). The van der Waals surface area contributed by atoms with Crippen molar-refractivity contribution in [2.75, 3.05) is 0 Å². The maximum atomic E-state index is 11.9. The Kier molecular flexibility index (Phi) is 3.12. The van der Waals surface area contributed by atoms with Crippen molar-refractivity contribution in [2.45, 2.75) is 0 Å². The summed E-state index contributed by atoms with van der Waals surface area (Å²) in [4.78, 5) is 22.4. The van der Waals surface area contributed by atoms with Crippen LogP contribution in [-0.2, 0) is 0 Å². The largest absolute Gasteiger partial charge is 0.457 e. The molecule has 1 heterocycles. The van der Waals surface area contributed by atoms with E-state index in [0.29, 0.717) is 10.8 Å². The average Bonchev–Trinajstić information content (AvgIpc) is 3.01. The van der Waals surface area contributed by atoms with E-state index >= 15 is 0 Å². The van der Waals surface area contributed by atoms with E-state index in [0.717, 1.165) is 0 Å². The maximum absolute atomic E-state index is 11.9. The minimum atomic E-state index is -0.654. The maximum Gasteiger partial charge on any atom is 0.379 e. The molecule has 0 saturated carbocycles. The first-order valence-corrected chi connectivity index (χ1v) is 6.08. The Labute approximate surface area is 118 Å². The minimum absolute atomic E-state index is 0.0385. The summed E-state index contributed by atoms with van der Waals surface area (Å²) in [6.45, 7) is 0. The summed E-state index contributed by atoms with van der Waals surface area (Å²) >= 11 is 0. The van der Waals surface area contributed by atoms with Crippen LogP contribution < -0.4 is 4.74 Å². The van der Waals surface area contributed by atoms with Crippen LogP contribution in [0, 0.1) is 10.1 Å². The van der Waals surface area contributed by atoms with Crippen LogP contribution in [0.2, 0.25) is 0 Å². The zero-order valence-electron chi connectivity index (χ0n) is 10.7. The standard InChI is InChI=1S/C15H9NO5/c17-15(14-6-3-9-20-14)21-13-8-7-12(16(18)19)10-4-1-2-5-11(10)13/h1-9H. The minimum Gasteiger partial charge on any atom is -0.457 e. The number of esters is 1. The molecule has 0 atom stereocenters. The van der Waals surface area contributed by atoms with Gasteiger partial charge < -0.3 is 9.15 Å². The Morgan fingerprint density at radius 2 is 1.81 bits per heavy atom. The fourth-order valence-corrected chi connectivity index (χ4v) is 2.05. The predicted molar refractivity (Wildman–Crippen MR) is 74.3 cm³/mol. The van der Waals surface area contributed by atoms with Crippen LogP contribution in [0.1, 0.15) is 10.6 Å². The van der Waals surface area contributed by atoms with Crippen LogP contribution in [0.3, 0.4) is 0 Å². The van der Waals surface area contributed by atoms with Crippen LogP contribution >= 0.6 is 0 Å². The van der Waals surface area contributed by atoms with Gasteiger partial charge in [-0.2, -0.15) is 0 Å². The predicted octanol–water partition coefficient (Wildman–Crippen LogP) is 3.56. The number of rotatable bonds is 3. The third-order valence-corrected chi connectivity index (χ3v) is 2.98. The SMILES string of the molecule is O=C(Oc1ccc([N+](=O)[O-])c2ccccc12)c1ccco1. The number of ether oxygens (including phenoxy) is 1. The highest BCUT2D eigenvalue weighted by atomic mass is 16.6. The quantitative estimate of drug-likeness (QED) is 0.317. The topological polar surface area (TPSA) is 82.6 Å². The number of carbonyl (C=O) groups excluding carboxylic acids is 1. The molecular formula is C15H9NO5. The van der Waals surface area contributed by atoms with E-state index in [2.05, 4.69) is 0 Å². The zero-order valence-corrected chi connectivity index (χ0v) is 10.7. The summed E-state index contributed by atoms with van der Waals surface area (Å²) in [7, 11) is 0. The molecule has 2 aromatic carbocycles. The molecule has 0 N–H and O–H groups in total. The summed E-state index contributed by atoms with van der Waals surface area (Å²) < 4.78 is 10.2. The van der Waals surface area contributed by atoms with Gasteiger partial charge in [0.15, 0.2) is 0 Å². The van der Waals surface area contributed by atoms with Crippen LogP contribution in [0.4, 0.5) is 5.69 Å². The van der Waals surface area contributed by atoms with Gasteiger partial charge in [-0.3, -0.25) is 10.1 Å². The fraction of sp³-hybridized carbons (Fsp3) is 0. The Bertz CT molecular complexity index is 823. The molecule has 0 aliphatic carbocycles. The van der Waals surface area contributed by atoms with Crippen molar-refractivity contribution in [3.8, 4) is 5.75 Å². The lowest BCUT2D eigenvalue weighted by molar-refractivity contribution is -0.383. The number of fused-ring (bicyclic) bond motifs is 1. The second-order valence-corrected chi connectivity index (χ2v) is 4.25. The number of nitro groups is 1. The molecule has 104 valence electrons. The zero-order chi connectivity index (χ0) is 14.8. The van der Waals surface area contributed by atoms with Gasteiger partial charge in [0.2, 0.25) is 5.76 Å². The highest BCUT2D eigenvalue weighted by Crippen LogP contribution is 2.33. The molecule has 0 fully saturated rings. The van der Waals surface area contributed by atoms with Crippen molar-refractivity contribution in [1.29, 1.82) is 0 Å². The number of carbonyl (C=O) groups is 1. The number of furan rings is 1. The second kappa shape index (κ2) is 5.09. The van der Waals surface area contributed by atoms with E-state index in [9.17, 15) is 14.9 Å². The first-order valence-electron chi connectivity index (χ1n) is 6.08. The number of hydrogen-bond donors (Lipinski definition) is 0. The van der Waals surface area contributed by atoms with Gasteiger partial charge in [0.1, 0.15) is 5.75 Å². The molecule has 6 nitrogen and oxygen atoms in total. The van der Waals surface area contributed by atoms with Crippen LogP contribution in [-0.4, -0.2) is 10.9 Å². The normalized spacial score (nSPS) is 10.5. The third kappa shape index (κ3) is 2.34. The van der Waals surface area contributed by atoms with Gasteiger partial charge in [0.05, 0.1) is 16.6 Å². The first-order chi connectivity index (χ1) is 10.2. The lowest BCUT2D eigenvalue weighted by Gasteiger charge is -2.07. The number of hydrogen-bond acceptors (Lipinski definition) is 5. The molecule has 0 aliphatic heterocycles. The molecule has 1 aromatic heterocycles. The summed E-state index contributed by atoms with van der Waals surface area (Å²) in [5, 5.41) is 11.9. The molecular weight excluding hydrogens is 274 g/mol. The molecule has 21 heavy (non-hydrogen) atoms. The van der Waals surface area contributed by atoms with Gasteiger partial charge in [-0.1, -0.05) is 18.2 Å². The van der Waals surface area contributed by atoms with E-state index < -0.39 is 10.9 Å². The van der Waals surface area contributed by atoms with Crippen LogP contribution in [0.5, 0.6) is 5.75 Å². The van der Waals surface area contributed by atoms with Crippen molar-refractivity contribution >= 4 is 22.4 Å². The summed E-state index contributed by atoms with van der Waals surface area (Å²) in [5.74, 6) is -0.339. The monoisotopic (exact) mass is 283 g/mol. The average molecular weight is 283 g/mol. The summed E-state index contributed by atoms with van der Waals surface area (Å²) in [5.41, 5.74) is -0.0385. The van der Waals surface area contributed by atoms with E-state index in [1.54, 1.807) is 30.3 Å². The lowest BCUT2D eigenvalue weighted by Crippen LogP contribution is -2.07. The first kappa shape index (κ1) is 12.9. The van der Waals surface area contributed by atoms with Gasteiger partial charge in [-0.15, -0.1) is 0 Å². The van der Waals surface area contributed by atoms with E-state index in [-0.39, 0.29) is 17.2 Å². The van der Waals surface area contributed by atoms with Gasteiger partial charge in [-0.25, -0.2) is 4.79 Å². The van der Waals surface area contributed by atoms with Crippen molar-refractivity contribution in [2.24, 2.45) is 0 Å². The smallest absolute Gasteiger partial charge is 0.379 e. The van der Waals surface area contributed by atoms with Crippen molar-refractivity contribution in [1.82, 2.24) is 0 Å². The molecule has 0 aliphatic rings. The third-order valence-electron chi connectivity index (χ3n) is 2.98. The fourth-order valence-electron chi connectivity index (χ4n) is 2.05.